The molecule has 0 aliphatic carbocycles. The Morgan fingerprint density at radius 1 is 1.26 bits per heavy atom. The molecule has 1 aliphatic heterocycles. The van der Waals surface area contributed by atoms with E-state index >= 15 is 0 Å². The average Bonchev–Trinajstić information content (AvgIpc) is 2.75. The van der Waals surface area contributed by atoms with Gasteiger partial charge in [0, 0.05) is 25.1 Å². The molecule has 4 rings (SSSR count). The van der Waals surface area contributed by atoms with E-state index < -0.39 is 5.92 Å². The van der Waals surface area contributed by atoms with Crippen LogP contribution in [0, 0.1) is 6.92 Å². The van der Waals surface area contributed by atoms with Gasteiger partial charge in [0.1, 0.15) is 5.82 Å². The number of fused-ring (bicyclic) bond motifs is 1. The summed E-state index contributed by atoms with van der Waals surface area (Å²) >= 11 is 1.45. The number of nitrogens with one attached hydrogen (secondary N) is 1. The second-order valence-corrected chi connectivity index (χ2v) is 8.48. The lowest BCUT2D eigenvalue weighted by Crippen LogP contribution is -2.33. The first-order valence-electron chi connectivity index (χ1n) is 9.83. The van der Waals surface area contributed by atoms with Gasteiger partial charge in [-0.25, -0.2) is 0 Å². The number of aromatic hydroxyl groups is 1. The highest BCUT2D eigenvalue weighted by Gasteiger charge is 2.32. The number of aromatic nitrogens is 2. The molecule has 31 heavy (non-hydrogen) atoms. The highest BCUT2D eigenvalue weighted by Crippen LogP contribution is 2.39. The molecule has 0 unspecified atom stereocenters. The van der Waals surface area contributed by atoms with Gasteiger partial charge in [0.05, 0.1) is 12.7 Å². The summed E-state index contributed by atoms with van der Waals surface area (Å²) in [5.41, 5.74) is 3.09. The molecule has 0 saturated carbocycles. The number of benzene rings is 2. The first-order chi connectivity index (χ1) is 14.9. The normalized spacial score (nSPS) is 15.3. The van der Waals surface area contributed by atoms with Crippen molar-refractivity contribution >= 4 is 23.5 Å². The van der Waals surface area contributed by atoms with Crippen LogP contribution >= 0.6 is 11.8 Å². The van der Waals surface area contributed by atoms with Crippen molar-refractivity contribution in [2.45, 2.75) is 30.2 Å². The van der Waals surface area contributed by atoms with Crippen LogP contribution in [0.2, 0.25) is 0 Å². The van der Waals surface area contributed by atoms with Crippen molar-refractivity contribution in [2.75, 3.05) is 12.4 Å². The number of phenols is 1. The molecule has 7 nitrogen and oxygen atoms in total. The third kappa shape index (κ3) is 4.16. The van der Waals surface area contributed by atoms with E-state index in [0.717, 1.165) is 5.56 Å². The van der Waals surface area contributed by atoms with E-state index in [1.807, 2.05) is 25.1 Å². The molecule has 8 heteroatoms. The number of nitrogens with zero attached hydrogens (tertiary/aromatic N) is 2. The van der Waals surface area contributed by atoms with Crippen molar-refractivity contribution in [3.05, 3.63) is 75.1 Å². The molecule has 0 bridgehead atoms. The first-order valence-corrected chi connectivity index (χ1v) is 10.8. The zero-order valence-corrected chi connectivity index (χ0v) is 18.3. The highest BCUT2D eigenvalue weighted by atomic mass is 32.2. The summed E-state index contributed by atoms with van der Waals surface area (Å²) in [6.07, 6.45) is 0.119. The largest absolute Gasteiger partial charge is 0.504 e. The summed E-state index contributed by atoms with van der Waals surface area (Å²) in [6.45, 7) is 2.04. The molecule has 2 aromatic carbocycles. The van der Waals surface area contributed by atoms with Crippen LogP contribution in [-0.2, 0) is 17.6 Å². The number of aryl methyl sites for hydroxylation is 1. The standard InChI is InChI=1S/C23H23N3O4S/c1-13-5-4-6-14(9-13)12-31-23-25-22(29)20-16(11-19(28)24-21(20)26(23)2)15-7-8-17(27)18(10-15)30-3/h4-10,16,27H,11-12H2,1-3H3,(H,24,28)/t16-/m0/s1. The molecule has 1 aromatic heterocycles. The van der Waals surface area contributed by atoms with Crippen LogP contribution in [-0.4, -0.2) is 27.7 Å². The van der Waals surface area contributed by atoms with Crippen molar-refractivity contribution in [2.24, 2.45) is 7.05 Å². The topological polar surface area (TPSA) is 93.5 Å². The molecule has 0 spiro atoms. The second-order valence-electron chi connectivity index (χ2n) is 7.53. The molecule has 0 fully saturated rings. The minimum Gasteiger partial charge on any atom is -0.504 e. The third-order valence-corrected chi connectivity index (χ3v) is 6.46. The van der Waals surface area contributed by atoms with E-state index in [9.17, 15) is 14.7 Å². The van der Waals surface area contributed by atoms with E-state index in [0.29, 0.717) is 33.6 Å². The zero-order chi connectivity index (χ0) is 22.1. The molecule has 1 amide bonds. The maximum atomic E-state index is 13.0. The van der Waals surface area contributed by atoms with Crippen LogP contribution < -0.4 is 15.6 Å². The maximum Gasteiger partial charge on any atom is 0.279 e. The molecule has 2 heterocycles. The van der Waals surface area contributed by atoms with E-state index in [1.165, 1.54) is 30.5 Å². The second kappa shape index (κ2) is 8.47. The monoisotopic (exact) mass is 437 g/mol. The minimum atomic E-state index is -0.472. The summed E-state index contributed by atoms with van der Waals surface area (Å²) in [6, 6.07) is 13.0. The summed E-state index contributed by atoms with van der Waals surface area (Å²) < 4.78 is 6.96. The summed E-state index contributed by atoms with van der Waals surface area (Å²) in [5.74, 6) is 0.759. The molecule has 3 aromatic rings. The van der Waals surface area contributed by atoms with E-state index in [4.69, 9.17) is 4.74 Å². The third-order valence-electron chi connectivity index (χ3n) is 5.36. The number of phenolic OH excluding ortho intramolecular Hbond substituents is 1. The van der Waals surface area contributed by atoms with Gasteiger partial charge < -0.3 is 19.7 Å². The van der Waals surface area contributed by atoms with Gasteiger partial charge in [-0.2, -0.15) is 4.98 Å². The van der Waals surface area contributed by atoms with Crippen molar-refractivity contribution in [3.8, 4) is 11.5 Å². The lowest BCUT2D eigenvalue weighted by atomic mass is 9.86. The van der Waals surface area contributed by atoms with Crippen LogP contribution in [0.1, 0.15) is 34.6 Å². The number of ether oxygens (including phenoxy) is 1. The quantitative estimate of drug-likeness (QED) is 0.468. The number of hydrogen-bond donors (Lipinski definition) is 2. The summed E-state index contributed by atoms with van der Waals surface area (Å²) in [7, 11) is 3.25. The van der Waals surface area contributed by atoms with Gasteiger partial charge in [0.15, 0.2) is 16.7 Å². The van der Waals surface area contributed by atoms with Crippen LogP contribution in [0.5, 0.6) is 11.5 Å². The molecule has 1 aliphatic rings. The van der Waals surface area contributed by atoms with Gasteiger partial charge in [-0.05, 0) is 30.2 Å². The van der Waals surface area contributed by atoms with Gasteiger partial charge in [0.25, 0.3) is 5.56 Å². The van der Waals surface area contributed by atoms with Gasteiger partial charge in [0.2, 0.25) is 5.91 Å². The molecule has 0 radical (unpaired) electrons. The number of carbonyl (C=O) groups is 1. The van der Waals surface area contributed by atoms with Crippen molar-refractivity contribution in [1.29, 1.82) is 0 Å². The number of carbonyl (C=O) groups excluding carboxylic acids is 1. The zero-order valence-electron chi connectivity index (χ0n) is 17.5. The predicted molar refractivity (Wildman–Crippen MR) is 120 cm³/mol. The van der Waals surface area contributed by atoms with Crippen LogP contribution in [0.3, 0.4) is 0 Å². The Morgan fingerprint density at radius 2 is 2.06 bits per heavy atom. The molecular formula is C23H23N3O4S. The van der Waals surface area contributed by atoms with E-state index in [1.54, 1.807) is 23.7 Å². The maximum absolute atomic E-state index is 13.0. The minimum absolute atomic E-state index is 0.000610. The number of amides is 1. The van der Waals surface area contributed by atoms with Crippen LogP contribution in [0.15, 0.2) is 52.4 Å². The molecule has 0 saturated heterocycles. The summed E-state index contributed by atoms with van der Waals surface area (Å²) in [4.78, 5) is 29.9. The SMILES string of the molecule is COc1cc([C@@H]2CC(=O)Nc3c2c(=O)nc(SCc2cccc(C)c2)n3C)ccc1O. The van der Waals surface area contributed by atoms with Crippen molar-refractivity contribution in [3.63, 3.8) is 0 Å². The average molecular weight is 438 g/mol. The predicted octanol–water partition coefficient (Wildman–Crippen LogP) is 3.57. The Labute approximate surface area is 184 Å². The Balaban J connectivity index is 1.72. The van der Waals surface area contributed by atoms with Crippen LogP contribution in [0.25, 0.3) is 0 Å². The number of methoxy groups -OCH3 is 1. The fourth-order valence-electron chi connectivity index (χ4n) is 3.81. The number of thioether (sulfide) groups is 1. The summed E-state index contributed by atoms with van der Waals surface area (Å²) in [5, 5.41) is 13.3. The van der Waals surface area contributed by atoms with E-state index in [-0.39, 0.29) is 23.6 Å². The van der Waals surface area contributed by atoms with Crippen molar-refractivity contribution in [1.82, 2.24) is 9.55 Å². The molecule has 2 N–H and O–H groups in total. The first kappa shape index (κ1) is 21.0. The number of hydrogen-bond acceptors (Lipinski definition) is 6. The van der Waals surface area contributed by atoms with Crippen LogP contribution in [0.4, 0.5) is 5.82 Å². The fraction of sp³-hybridized carbons (Fsp3) is 0.261. The number of anilines is 1. The highest BCUT2D eigenvalue weighted by molar-refractivity contribution is 7.98. The van der Waals surface area contributed by atoms with E-state index in [2.05, 4.69) is 16.4 Å². The van der Waals surface area contributed by atoms with Gasteiger partial charge in [-0.1, -0.05) is 47.7 Å². The molecule has 1 atom stereocenters. The Bertz CT molecular complexity index is 1220. The van der Waals surface area contributed by atoms with Gasteiger partial charge >= 0.3 is 0 Å². The molecule has 160 valence electrons. The number of rotatable bonds is 5. The fourth-order valence-corrected chi connectivity index (χ4v) is 4.72. The molecular weight excluding hydrogens is 414 g/mol. The Hall–Kier alpha value is -3.26. The Morgan fingerprint density at radius 3 is 2.81 bits per heavy atom. The lowest BCUT2D eigenvalue weighted by molar-refractivity contribution is -0.116. The Kier molecular flexibility index (Phi) is 5.73. The van der Waals surface area contributed by atoms with Gasteiger partial charge in [-0.15, -0.1) is 0 Å². The van der Waals surface area contributed by atoms with Gasteiger partial charge in [-0.3, -0.25) is 9.59 Å². The smallest absolute Gasteiger partial charge is 0.279 e. The lowest BCUT2D eigenvalue weighted by Gasteiger charge is -2.27. The van der Waals surface area contributed by atoms with Crippen molar-refractivity contribution < 1.29 is 14.6 Å².